The normalized spacial score (nSPS) is 17.1. The van der Waals surface area contributed by atoms with Crippen molar-refractivity contribution in [3.05, 3.63) is 23.8 Å². The lowest BCUT2D eigenvalue weighted by Gasteiger charge is -2.34. The smallest absolute Gasteiger partial charge is 0.174 e. The Hall–Kier alpha value is -1.72. The van der Waals surface area contributed by atoms with Gasteiger partial charge in [-0.05, 0) is 38.5 Å². The second-order valence-corrected chi connectivity index (χ2v) is 4.89. The largest absolute Gasteiger partial charge is 0.351 e. The fourth-order valence-electron chi connectivity index (χ4n) is 2.38. The van der Waals surface area contributed by atoms with Crippen LogP contribution >= 0.6 is 0 Å². The van der Waals surface area contributed by atoms with Crippen LogP contribution in [-0.2, 0) is 14.3 Å². The van der Waals surface area contributed by atoms with Crippen LogP contribution in [0.4, 0.5) is 11.4 Å². The molecule has 1 heterocycles. The highest BCUT2D eigenvalue weighted by Crippen LogP contribution is 2.33. The van der Waals surface area contributed by atoms with Crippen LogP contribution in [0.3, 0.4) is 0 Å². The number of fused-ring (bicyclic) bond motifs is 1. The van der Waals surface area contributed by atoms with Gasteiger partial charge in [0.05, 0.1) is 17.9 Å². The Morgan fingerprint density at radius 1 is 1.33 bits per heavy atom. The number of hydrogen-bond acceptors (Lipinski definition) is 5. The summed E-state index contributed by atoms with van der Waals surface area (Å²) in [6, 6.07) is 5.63. The average Bonchev–Trinajstić information content (AvgIpc) is 2.48. The molecule has 0 spiro atoms. The van der Waals surface area contributed by atoms with Gasteiger partial charge in [-0.2, -0.15) is 0 Å². The Morgan fingerprint density at radius 3 is 2.67 bits per heavy atom. The van der Waals surface area contributed by atoms with Gasteiger partial charge in [0, 0.05) is 19.4 Å². The first-order valence-electron chi connectivity index (χ1n) is 7.29. The lowest BCUT2D eigenvalue weighted by molar-refractivity contribution is -0.130. The summed E-state index contributed by atoms with van der Waals surface area (Å²) in [5.41, 5.74) is 2.94. The molecule has 2 rings (SSSR count). The standard InChI is InChI=1S/C16H22N2O3/c1-4-20-16(21-5-2)10-18-13(11-19)9-17-14-7-6-12(3)8-15(14)18/h6-9,11,13,16H,4-5,10H2,1-3H3. The summed E-state index contributed by atoms with van der Waals surface area (Å²) < 4.78 is 11.2. The van der Waals surface area contributed by atoms with Crippen molar-refractivity contribution in [1.82, 2.24) is 0 Å². The summed E-state index contributed by atoms with van der Waals surface area (Å²) in [6.45, 7) is 7.51. The number of rotatable bonds is 7. The van der Waals surface area contributed by atoms with Gasteiger partial charge in [-0.3, -0.25) is 4.99 Å². The van der Waals surface area contributed by atoms with Gasteiger partial charge in [-0.25, -0.2) is 0 Å². The molecule has 0 bridgehead atoms. The van der Waals surface area contributed by atoms with E-state index in [0.717, 1.165) is 23.2 Å². The zero-order valence-corrected chi connectivity index (χ0v) is 12.8. The van der Waals surface area contributed by atoms with Crippen molar-refractivity contribution in [3.8, 4) is 0 Å². The number of ether oxygens (including phenoxy) is 2. The Balaban J connectivity index is 2.28. The minimum Gasteiger partial charge on any atom is -0.351 e. The molecule has 1 aromatic carbocycles. The predicted octanol–water partition coefficient (Wildman–Crippen LogP) is 2.48. The number of aliphatic imine (C=N–C) groups is 1. The van der Waals surface area contributed by atoms with Crippen LogP contribution in [0.5, 0.6) is 0 Å². The molecule has 0 saturated carbocycles. The van der Waals surface area contributed by atoms with Gasteiger partial charge in [0.1, 0.15) is 12.3 Å². The Labute approximate surface area is 125 Å². The number of nitrogens with zero attached hydrogens (tertiary/aromatic N) is 2. The Morgan fingerprint density at radius 2 is 2.05 bits per heavy atom. The summed E-state index contributed by atoms with van der Waals surface area (Å²) in [5, 5.41) is 0. The minimum absolute atomic E-state index is 0.359. The first-order chi connectivity index (χ1) is 10.2. The van der Waals surface area contributed by atoms with Crippen molar-refractivity contribution in [1.29, 1.82) is 0 Å². The van der Waals surface area contributed by atoms with Crippen molar-refractivity contribution >= 4 is 23.9 Å². The molecule has 1 aliphatic heterocycles. The summed E-state index contributed by atoms with van der Waals surface area (Å²) in [6.07, 6.45) is 2.20. The molecule has 0 N–H and O–H groups in total. The molecular formula is C16H22N2O3. The van der Waals surface area contributed by atoms with Crippen LogP contribution in [0.15, 0.2) is 23.2 Å². The Bertz CT molecular complexity index is 510. The van der Waals surface area contributed by atoms with E-state index < -0.39 is 0 Å². The highest BCUT2D eigenvalue weighted by molar-refractivity contribution is 5.96. The predicted molar refractivity (Wildman–Crippen MR) is 83.6 cm³/mol. The molecule has 1 aromatic rings. The second kappa shape index (κ2) is 7.33. The third kappa shape index (κ3) is 3.68. The van der Waals surface area contributed by atoms with E-state index in [1.165, 1.54) is 0 Å². The van der Waals surface area contributed by atoms with E-state index in [9.17, 15) is 4.79 Å². The third-order valence-corrected chi connectivity index (χ3v) is 3.36. The molecule has 0 aromatic heterocycles. The highest BCUT2D eigenvalue weighted by Gasteiger charge is 2.26. The van der Waals surface area contributed by atoms with Crippen LogP contribution in [0.25, 0.3) is 0 Å². The SMILES string of the molecule is CCOC(CN1c2cc(C)ccc2N=CC1C=O)OCC. The second-order valence-electron chi connectivity index (χ2n) is 4.89. The minimum atomic E-state index is -0.386. The molecular weight excluding hydrogens is 268 g/mol. The van der Waals surface area contributed by atoms with Crippen LogP contribution in [0.1, 0.15) is 19.4 Å². The van der Waals surface area contributed by atoms with E-state index in [1.54, 1.807) is 6.21 Å². The molecule has 0 saturated heterocycles. The van der Waals surface area contributed by atoms with E-state index >= 15 is 0 Å². The number of carbonyl (C=O) groups is 1. The molecule has 114 valence electrons. The van der Waals surface area contributed by atoms with Gasteiger partial charge in [0.2, 0.25) is 0 Å². The van der Waals surface area contributed by atoms with Gasteiger partial charge in [-0.15, -0.1) is 0 Å². The summed E-state index contributed by atoms with van der Waals surface area (Å²) in [5.74, 6) is 0. The first-order valence-corrected chi connectivity index (χ1v) is 7.29. The molecule has 1 atom stereocenters. The van der Waals surface area contributed by atoms with E-state index in [0.29, 0.717) is 19.8 Å². The number of anilines is 1. The lowest BCUT2D eigenvalue weighted by atomic mass is 10.1. The molecule has 0 amide bonds. The zero-order chi connectivity index (χ0) is 15.2. The third-order valence-electron chi connectivity index (χ3n) is 3.36. The number of carbonyl (C=O) groups excluding carboxylic acids is 1. The maximum atomic E-state index is 11.3. The summed E-state index contributed by atoms with van der Waals surface area (Å²) >= 11 is 0. The molecule has 0 radical (unpaired) electrons. The summed E-state index contributed by atoms with van der Waals surface area (Å²) in [7, 11) is 0. The first kappa shape index (κ1) is 15.7. The van der Waals surface area contributed by atoms with Crippen molar-refractivity contribution in [2.45, 2.75) is 33.1 Å². The van der Waals surface area contributed by atoms with Gasteiger partial charge < -0.3 is 19.2 Å². The number of aldehydes is 1. The quantitative estimate of drug-likeness (QED) is 0.572. The maximum absolute atomic E-state index is 11.3. The molecule has 5 nitrogen and oxygen atoms in total. The average molecular weight is 290 g/mol. The van der Waals surface area contributed by atoms with Gasteiger partial charge in [0.25, 0.3) is 0 Å². The molecule has 1 unspecified atom stereocenters. The zero-order valence-electron chi connectivity index (χ0n) is 12.8. The molecule has 5 heteroatoms. The van der Waals surface area contributed by atoms with Gasteiger partial charge in [0.15, 0.2) is 6.29 Å². The Kier molecular flexibility index (Phi) is 5.47. The van der Waals surface area contributed by atoms with Gasteiger partial charge in [-0.1, -0.05) is 6.07 Å². The van der Waals surface area contributed by atoms with Crippen LogP contribution in [-0.4, -0.2) is 44.6 Å². The van der Waals surface area contributed by atoms with Crippen molar-refractivity contribution in [3.63, 3.8) is 0 Å². The van der Waals surface area contributed by atoms with Crippen LogP contribution in [0.2, 0.25) is 0 Å². The molecule has 0 aliphatic carbocycles. The van der Waals surface area contributed by atoms with Gasteiger partial charge >= 0.3 is 0 Å². The van der Waals surface area contributed by atoms with Crippen molar-refractivity contribution in [2.75, 3.05) is 24.7 Å². The van der Waals surface area contributed by atoms with E-state index in [4.69, 9.17) is 9.47 Å². The fraction of sp³-hybridized carbons (Fsp3) is 0.500. The lowest BCUT2D eigenvalue weighted by Crippen LogP contribution is -2.45. The number of benzene rings is 1. The monoisotopic (exact) mass is 290 g/mol. The molecule has 0 fully saturated rings. The number of aryl methyl sites for hydroxylation is 1. The number of hydrogen-bond donors (Lipinski definition) is 0. The van der Waals surface area contributed by atoms with Crippen LogP contribution < -0.4 is 4.90 Å². The summed E-state index contributed by atoms with van der Waals surface area (Å²) in [4.78, 5) is 17.7. The van der Waals surface area contributed by atoms with Crippen molar-refractivity contribution < 1.29 is 14.3 Å². The van der Waals surface area contributed by atoms with Crippen LogP contribution in [0, 0.1) is 6.92 Å². The van der Waals surface area contributed by atoms with Crippen molar-refractivity contribution in [2.24, 2.45) is 4.99 Å². The fourth-order valence-corrected chi connectivity index (χ4v) is 2.38. The highest BCUT2D eigenvalue weighted by atomic mass is 16.7. The molecule has 21 heavy (non-hydrogen) atoms. The topological polar surface area (TPSA) is 51.1 Å². The molecule has 1 aliphatic rings. The maximum Gasteiger partial charge on any atom is 0.174 e. The van der Waals surface area contributed by atoms with E-state index in [1.807, 2.05) is 43.9 Å². The van der Waals surface area contributed by atoms with E-state index in [-0.39, 0.29) is 12.3 Å². The van der Waals surface area contributed by atoms with E-state index in [2.05, 4.69) is 4.99 Å².